The van der Waals surface area contributed by atoms with E-state index in [9.17, 15) is 12.8 Å². The Balaban J connectivity index is 1.64. The van der Waals surface area contributed by atoms with Gasteiger partial charge in [-0.05, 0) is 73.1 Å². The lowest BCUT2D eigenvalue weighted by Crippen LogP contribution is -2.23. The quantitative estimate of drug-likeness (QED) is 0.723. The highest BCUT2D eigenvalue weighted by Crippen LogP contribution is 2.36. The minimum absolute atomic E-state index is 0.0123. The average molecular weight is 392 g/mol. The molecule has 0 bridgehead atoms. The second-order valence-electron chi connectivity index (χ2n) is 6.99. The van der Waals surface area contributed by atoms with Crippen LogP contribution in [0.25, 0.3) is 0 Å². The van der Waals surface area contributed by atoms with Crippen molar-refractivity contribution in [1.82, 2.24) is 4.31 Å². The zero-order valence-electron chi connectivity index (χ0n) is 14.5. The van der Waals surface area contributed by atoms with Crippen LogP contribution in [0.2, 0.25) is 0 Å². The smallest absolute Gasteiger partial charge is 0.206 e. The summed E-state index contributed by atoms with van der Waals surface area (Å²) >= 11 is 1.92. The van der Waals surface area contributed by atoms with Crippen molar-refractivity contribution >= 4 is 21.8 Å². The third kappa shape index (κ3) is 3.55. The number of benzene rings is 2. The van der Waals surface area contributed by atoms with Crippen molar-refractivity contribution in [1.29, 1.82) is 0 Å². The molecule has 6 heteroatoms. The van der Waals surface area contributed by atoms with E-state index in [1.54, 1.807) is 12.1 Å². The molecular weight excluding hydrogens is 369 g/mol. The molecule has 1 unspecified atom stereocenters. The van der Waals surface area contributed by atoms with Crippen LogP contribution in [0.4, 0.5) is 4.39 Å². The zero-order valence-corrected chi connectivity index (χ0v) is 16.2. The molecule has 0 spiro atoms. The Kier molecular flexibility index (Phi) is 5.08. The maximum atomic E-state index is 13.5. The minimum Gasteiger partial charge on any atom is -0.250 e. The van der Waals surface area contributed by atoms with E-state index in [4.69, 9.17) is 0 Å². The van der Waals surface area contributed by atoms with E-state index in [2.05, 4.69) is 4.31 Å². The van der Waals surface area contributed by atoms with Crippen LogP contribution in [-0.2, 0) is 16.3 Å². The van der Waals surface area contributed by atoms with E-state index in [1.807, 2.05) is 18.0 Å². The summed E-state index contributed by atoms with van der Waals surface area (Å²) in [6.45, 7) is 2.18. The molecule has 2 aromatic rings. The lowest BCUT2D eigenvalue weighted by molar-refractivity contribution is 0.414. The van der Waals surface area contributed by atoms with Crippen molar-refractivity contribution < 1.29 is 12.8 Å². The Morgan fingerprint density at radius 2 is 1.96 bits per heavy atom. The van der Waals surface area contributed by atoms with Crippen molar-refractivity contribution in [2.24, 2.45) is 0 Å². The van der Waals surface area contributed by atoms with Crippen LogP contribution in [0.3, 0.4) is 0 Å². The van der Waals surface area contributed by atoms with Crippen molar-refractivity contribution in [3.05, 3.63) is 59.4 Å². The van der Waals surface area contributed by atoms with E-state index < -0.39 is 15.7 Å². The molecule has 0 radical (unpaired) electrons. The van der Waals surface area contributed by atoms with Gasteiger partial charge in [0.25, 0.3) is 0 Å². The average Bonchev–Trinajstić information content (AvgIpc) is 3.14. The number of hydrogen-bond donors (Lipinski definition) is 0. The second-order valence-corrected chi connectivity index (χ2v) is 10.1. The van der Waals surface area contributed by atoms with E-state index in [0.717, 1.165) is 44.0 Å². The molecule has 1 atom stereocenters. The summed E-state index contributed by atoms with van der Waals surface area (Å²) in [5, 5.41) is 0. The lowest BCUT2D eigenvalue weighted by atomic mass is 9.83. The van der Waals surface area contributed by atoms with Crippen molar-refractivity contribution in [3.8, 4) is 0 Å². The van der Waals surface area contributed by atoms with Gasteiger partial charge in [-0.2, -0.15) is 0 Å². The molecule has 138 valence electrons. The van der Waals surface area contributed by atoms with E-state index in [0.29, 0.717) is 5.92 Å². The van der Waals surface area contributed by atoms with Gasteiger partial charge in [-0.15, -0.1) is 0 Å². The fourth-order valence-corrected chi connectivity index (χ4v) is 6.31. The first-order valence-corrected chi connectivity index (χ1v) is 11.5. The Labute approximate surface area is 158 Å². The molecule has 1 fully saturated rings. The highest BCUT2D eigenvalue weighted by molar-refractivity contribution is 7.97. The molecule has 4 rings (SSSR count). The molecular formula is C20H22FNO2S2. The first-order valence-electron chi connectivity index (χ1n) is 9.05. The summed E-state index contributed by atoms with van der Waals surface area (Å²) in [6, 6.07) is 10.7. The third-order valence-corrected chi connectivity index (χ3v) is 8.14. The topological polar surface area (TPSA) is 37.4 Å². The zero-order chi connectivity index (χ0) is 18.1. The summed E-state index contributed by atoms with van der Waals surface area (Å²) in [5.41, 5.74) is 2.41. The van der Waals surface area contributed by atoms with Gasteiger partial charge in [-0.1, -0.05) is 24.1 Å². The third-order valence-electron chi connectivity index (χ3n) is 5.22. The summed E-state index contributed by atoms with van der Waals surface area (Å²) in [6.07, 6.45) is 4.39. The fourth-order valence-electron chi connectivity index (χ4n) is 3.91. The SMILES string of the molecule is O=S(=O)(c1cccc(F)c1)c1ccc2c(c1)CCCC2CN1CCCS1. The maximum Gasteiger partial charge on any atom is 0.206 e. The standard InChI is InChI=1S/C20H22FNO2S2/c21-17-6-2-7-18(13-17)26(23,24)19-8-9-20-15(12-19)4-1-5-16(20)14-22-10-3-11-25-22/h2,6-9,12-13,16H,1,3-5,10-11,14H2. The first-order chi connectivity index (χ1) is 12.5. The molecule has 1 aliphatic carbocycles. The fraction of sp³-hybridized carbons (Fsp3) is 0.400. The Morgan fingerprint density at radius 3 is 2.73 bits per heavy atom. The molecule has 0 N–H and O–H groups in total. The number of hydrogen-bond acceptors (Lipinski definition) is 4. The number of sulfone groups is 1. The monoisotopic (exact) mass is 391 g/mol. The molecule has 1 saturated heterocycles. The van der Waals surface area contributed by atoms with Gasteiger partial charge in [0.15, 0.2) is 0 Å². The summed E-state index contributed by atoms with van der Waals surface area (Å²) in [7, 11) is -3.69. The Morgan fingerprint density at radius 1 is 1.12 bits per heavy atom. The molecule has 0 aromatic heterocycles. The molecule has 1 heterocycles. The number of fused-ring (bicyclic) bond motifs is 1. The van der Waals surface area contributed by atoms with E-state index in [1.165, 1.54) is 35.9 Å². The van der Waals surface area contributed by atoms with Gasteiger partial charge in [-0.25, -0.2) is 17.1 Å². The molecule has 1 aliphatic heterocycles. The Hall–Kier alpha value is -1.37. The van der Waals surface area contributed by atoms with Gasteiger partial charge in [0, 0.05) is 18.8 Å². The molecule has 3 nitrogen and oxygen atoms in total. The van der Waals surface area contributed by atoms with Crippen molar-refractivity contribution in [3.63, 3.8) is 0 Å². The highest BCUT2D eigenvalue weighted by Gasteiger charge is 2.26. The van der Waals surface area contributed by atoms with Crippen LogP contribution in [-0.4, -0.2) is 31.6 Å². The van der Waals surface area contributed by atoms with Crippen molar-refractivity contribution in [2.75, 3.05) is 18.8 Å². The van der Waals surface area contributed by atoms with Crippen LogP contribution in [0.15, 0.2) is 52.3 Å². The molecule has 0 amide bonds. The first kappa shape index (κ1) is 18.0. The van der Waals surface area contributed by atoms with Gasteiger partial charge in [0.05, 0.1) is 9.79 Å². The number of rotatable bonds is 4. The van der Waals surface area contributed by atoms with Crippen LogP contribution >= 0.6 is 11.9 Å². The largest absolute Gasteiger partial charge is 0.250 e. The highest BCUT2D eigenvalue weighted by atomic mass is 32.2. The minimum atomic E-state index is -3.69. The van der Waals surface area contributed by atoms with E-state index in [-0.39, 0.29) is 9.79 Å². The predicted molar refractivity (Wildman–Crippen MR) is 103 cm³/mol. The van der Waals surface area contributed by atoms with Crippen LogP contribution in [0, 0.1) is 5.82 Å². The molecule has 26 heavy (non-hydrogen) atoms. The normalized spacial score (nSPS) is 20.9. The van der Waals surface area contributed by atoms with Crippen LogP contribution < -0.4 is 0 Å². The molecule has 2 aromatic carbocycles. The number of halogens is 1. The van der Waals surface area contributed by atoms with Gasteiger partial charge in [0.1, 0.15) is 5.82 Å². The van der Waals surface area contributed by atoms with Gasteiger partial charge < -0.3 is 0 Å². The van der Waals surface area contributed by atoms with Crippen LogP contribution in [0.1, 0.15) is 36.3 Å². The summed E-state index contributed by atoms with van der Waals surface area (Å²) < 4.78 is 41.6. The van der Waals surface area contributed by atoms with Gasteiger partial charge in [0.2, 0.25) is 9.84 Å². The number of aryl methyl sites for hydroxylation is 1. The molecule has 0 saturated carbocycles. The molecule has 2 aliphatic rings. The van der Waals surface area contributed by atoms with Crippen molar-refractivity contribution in [2.45, 2.75) is 41.4 Å². The van der Waals surface area contributed by atoms with Crippen LogP contribution in [0.5, 0.6) is 0 Å². The number of nitrogens with zero attached hydrogens (tertiary/aromatic N) is 1. The predicted octanol–water partition coefficient (Wildman–Crippen LogP) is 4.43. The summed E-state index contributed by atoms with van der Waals surface area (Å²) in [5.74, 6) is 1.13. The van der Waals surface area contributed by atoms with Gasteiger partial charge >= 0.3 is 0 Å². The lowest BCUT2D eigenvalue weighted by Gasteiger charge is -2.29. The maximum absolute atomic E-state index is 13.5. The van der Waals surface area contributed by atoms with Gasteiger partial charge in [-0.3, -0.25) is 0 Å². The Bertz CT molecular complexity index is 908. The summed E-state index contributed by atoms with van der Waals surface area (Å²) in [4.78, 5) is 0.274. The van der Waals surface area contributed by atoms with E-state index >= 15 is 0 Å². The second kappa shape index (κ2) is 7.33.